The van der Waals surface area contributed by atoms with Crippen LogP contribution >= 0.6 is 44.1 Å². The molecule has 1 heterocycles. The third-order valence-corrected chi connectivity index (χ3v) is 7.52. The second-order valence-electron chi connectivity index (χ2n) is 8.36. The Balaban J connectivity index is 1.59. The van der Waals surface area contributed by atoms with Gasteiger partial charge >= 0.3 is 0 Å². The average molecular weight is 648 g/mol. The molecule has 188 valence electrons. The fraction of sp³-hybridized carbons (Fsp3) is 0.0333. The molecule has 5 nitrogen and oxygen atoms in total. The number of thiocarbonyl (C=S) groups is 1. The number of para-hydroxylation sites is 2. The van der Waals surface area contributed by atoms with Crippen molar-refractivity contribution in [3.8, 4) is 5.75 Å². The summed E-state index contributed by atoms with van der Waals surface area (Å²) in [5.41, 5.74) is 2.66. The Bertz CT molecular complexity index is 1500. The smallest absolute Gasteiger partial charge is 0.270 e. The molecule has 0 bridgehead atoms. The van der Waals surface area contributed by atoms with Gasteiger partial charge in [0.25, 0.3) is 11.8 Å². The molecule has 1 aliphatic rings. The number of hydrogen-bond acceptors (Lipinski definition) is 4. The van der Waals surface area contributed by atoms with Crippen LogP contribution in [-0.2, 0) is 16.2 Å². The van der Waals surface area contributed by atoms with Crippen molar-refractivity contribution in [1.82, 2.24) is 0 Å². The molecule has 4 aromatic carbocycles. The first-order chi connectivity index (χ1) is 18.4. The van der Waals surface area contributed by atoms with Crippen molar-refractivity contribution in [1.29, 1.82) is 0 Å². The number of ether oxygens (including phenoxy) is 1. The van der Waals surface area contributed by atoms with Gasteiger partial charge in [0.15, 0.2) is 5.11 Å². The number of nitrogens with zero attached hydrogens (tertiary/aromatic N) is 2. The predicted octanol–water partition coefficient (Wildman–Crippen LogP) is 7.54. The largest absolute Gasteiger partial charge is 0.488 e. The van der Waals surface area contributed by atoms with Crippen LogP contribution in [0.25, 0.3) is 6.08 Å². The molecule has 0 unspecified atom stereocenters. The van der Waals surface area contributed by atoms with E-state index in [2.05, 4.69) is 31.9 Å². The van der Waals surface area contributed by atoms with E-state index in [1.54, 1.807) is 36.4 Å². The van der Waals surface area contributed by atoms with E-state index in [0.717, 1.165) is 14.5 Å². The van der Waals surface area contributed by atoms with Crippen molar-refractivity contribution in [2.75, 3.05) is 9.80 Å². The van der Waals surface area contributed by atoms with Crippen molar-refractivity contribution < 1.29 is 14.3 Å². The van der Waals surface area contributed by atoms with Crippen LogP contribution in [0.4, 0.5) is 11.4 Å². The monoisotopic (exact) mass is 646 g/mol. The maximum atomic E-state index is 13.8. The highest BCUT2D eigenvalue weighted by atomic mass is 79.9. The lowest BCUT2D eigenvalue weighted by molar-refractivity contribution is -0.120. The summed E-state index contributed by atoms with van der Waals surface area (Å²) in [4.78, 5) is 30.4. The normalized spacial score (nSPS) is 13.6. The molecule has 0 aromatic heterocycles. The summed E-state index contributed by atoms with van der Waals surface area (Å²) in [6.45, 7) is 0.303. The van der Waals surface area contributed by atoms with E-state index in [9.17, 15) is 9.59 Å². The van der Waals surface area contributed by atoms with E-state index in [0.29, 0.717) is 29.3 Å². The summed E-state index contributed by atoms with van der Waals surface area (Å²) in [6, 6.07) is 31.4. The van der Waals surface area contributed by atoms with E-state index in [4.69, 9.17) is 17.0 Å². The summed E-state index contributed by atoms with van der Waals surface area (Å²) in [6.07, 6.45) is 1.57. The number of carbonyl (C=O) groups excluding carboxylic acids is 2. The van der Waals surface area contributed by atoms with Gasteiger partial charge in [-0.05, 0) is 66.8 Å². The lowest BCUT2D eigenvalue weighted by atomic mass is 10.0. The van der Waals surface area contributed by atoms with Crippen LogP contribution in [0.15, 0.2) is 118 Å². The van der Waals surface area contributed by atoms with Crippen molar-refractivity contribution in [3.63, 3.8) is 0 Å². The highest BCUT2D eigenvalue weighted by Gasteiger charge is 2.41. The van der Waals surface area contributed by atoms with Crippen molar-refractivity contribution >= 4 is 78.5 Å². The lowest BCUT2D eigenvalue weighted by Crippen LogP contribution is -2.56. The second kappa shape index (κ2) is 11.4. The van der Waals surface area contributed by atoms with Crippen LogP contribution in [0, 0.1) is 0 Å². The predicted molar refractivity (Wildman–Crippen MR) is 161 cm³/mol. The Morgan fingerprint density at radius 1 is 0.737 bits per heavy atom. The summed E-state index contributed by atoms with van der Waals surface area (Å²) in [7, 11) is 0. The van der Waals surface area contributed by atoms with Gasteiger partial charge < -0.3 is 4.74 Å². The molecule has 5 rings (SSSR count). The zero-order chi connectivity index (χ0) is 26.6. The van der Waals surface area contributed by atoms with Crippen molar-refractivity contribution in [2.24, 2.45) is 0 Å². The van der Waals surface area contributed by atoms with Gasteiger partial charge in [-0.15, -0.1) is 0 Å². The fourth-order valence-electron chi connectivity index (χ4n) is 4.03. The quantitative estimate of drug-likeness (QED) is 0.123. The summed E-state index contributed by atoms with van der Waals surface area (Å²) >= 11 is 12.7. The zero-order valence-electron chi connectivity index (χ0n) is 19.9. The minimum atomic E-state index is -0.505. The van der Waals surface area contributed by atoms with Crippen LogP contribution in [0.2, 0.25) is 0 Å². The third kappa shape index (κ3) is 5.34. The van der Waals surface area contributed by atoms with Gasteiger partial charge in [-0.3, -0.25) is 19.4 Å². The van der Waals surface area contributed by atoms with Gasteiger partial charge in [0.2, 0.25) is 0 Å². The topological polar surface area (TPSA) is 49.9 Å². The Kier molecular flexibility index (Phi) is 7.83. The Morgan fingerprint density at radius 3 is 1.87 bits per heavy atom. The van der Waals surface area contributed by atoms with Gasteiger partial charge in [0, 0.05) is 20.1 Å². The standard InChI is InChI=1S/C30H20Br2N2O3S/c31-22-15-16-27(37-19-20-9-7-8-14-26(20)32)21(17-22)18-25-28(35)33(23-10-3-1-4-11-23)30(38)34(29(25)36)24-12-5-2-6-13-24/h1-18H,19H2. The Hall–Kier alpha value is -3.59. The third-order valence-electron chi connectivity index (χ3n) is 5.89. The molecule has 1 fully saturated rings. The molecule has 0 aliphatic carbocycles. The van der Waals surface area contributed by atoms with Crippen molar-refractivity contribution in [2.45, 2.75) is 6.61 Å². The maximum Gasteiger partial charge on any atom is 0.270 e. The van der Waals surface area contributed by atoms with Gasteiger partial charge in [-0.2, -0.15) is 0 Å². The number of anilines is 2. The van der Waals surface area contributed by atoms with Crippen LogP contribution in [0.3, 0.4) is 0 Å². The zero-order valence-corrected chi connectivity index (χ0v) is 23.9. The van der Waals surface area contributed by atoms with E-state index in [-0.39, 0.29) is 10.7 Å². The van der Waals surface area contributed by atoms with Crippen LogP contribution in [-0.4, -0.2) is 16.9 Å². The SMILES string of the molecule is O=C1C(=Cc2cc(Br)ccc2OCc2ccccc2Br)C(=O)N(c2ccccc2)C(=S)N1c1ccccc1. The fourth-order valence-corrected chi connectivity index (χ4v) is 5.18. The molecular weight excluding hydrogens is 628 g/mol. The summed E-state index contributed by atoms with van der Waals surface area (Å²) < 4.78 is 7.86. The number of halogens is 2. The van der Waals surface area contributed by atoms with Gasteiger partial charge in [0.1, 0.15) is 17.9 Å². The first-order valence-corrected chi connectivity index (χ1v) is 13.6. The molecule has 4 aromatic rings. The highest BCUT2D eigenvalue weighted by Crippen LogP contribution is 2.32. The second-order valence-corrected chi connectivity index (χ2v) is 10.5. The van der Waals surface area contributed by atoms with E-state index < -0.39 is 11.8 Å². The minimum absolute atomic E-state index is 0.0323. The lowest BCUT2D eigenvalue weighted by Gasteiger charge is -2.36. The van der Waals surface area contributed by atoms with Crippen LogP contribution in [0.5, 0.6) is 5.75 Å². The van der Waals surface area contributed by atoms with E-state index >= 15 is 0 Å². The molecule has 0 radical (unpaired) electrons. The van der Waals surface area contributed by atoms with Crippen LogP contribution < -0.4 is 14.5 Å². The van der Waals surface area contributed by atoms with E-state index in [1.807, 2.05) is 72.8 Å². The molecule has 0 N–H and O–H groups in total. The molecule has 0 atom stereocenters. The molecule has 0 spiro atoms. The van der Waals surface area contributed by atoms with Gasteiger partial charge in [0.05, 0.1) is 11.4 Å². The molecular formula is C30H20Br2N2O3S. The van der Waals surface area contributed by atoms with Gasteiger partial charge in [-0.25, -0.2) is 0 Å². The Labute approximate surface area is 242 Å². The van der Waals surface area contributed by atoms with Gasteiger partial charge in [-0.1, -0.05) is 86.5 Å². The molecule has 1 saturated heterocycles. The molecule has 8 heteroatoms. The highest BCUT2D eigenvalue weighted by molar-refractivity contribution is 9.10. The van der Waals surface area contributed by atoms with Crippen LogP contribution in [0.1, 0.15) is 11.1 Å². The molecule has 2 amide bonds. The maximum absolute atomic E-state index is 13.8. The number of benzene rings is 4. The number of amides is 2. The summed E-state index contributed by atoms with van der Waals surface area (Å²) in [5, 5.41) is 0.0918. The van der Waals surface area contributed by atoms with E-state index in [1.165, 1.54) is 9.80 Å². The average Bonchev–Trinajstić information content (AvgIpc) is 2.93. The number of hydrogen-bond donors (Lipinski definition) is 0. The molecule has 38 heavy (non-hydrogen) atoms. The minimum Gasteiger partial charge on any atom is -0.488 e. The first kappa shape index (κ1) is 26.0. The molecule has 0 saturated carbocycles. The number of carbonyl (C=O) groups is 2. The number of rotatable bonds is 6. The molecule has 1 aliphatic heterocycles. The first-order valence-electron chi connectivity index (χ1n) is 11.6. The Morgan fingerprint density at radius 2 is 1.29 bits per heavy atom. The summed E-state index contributed by atoms with van der Waals surface area (Å²) in [5.74, 6) is -0.479. The van der Waals surface area contributed by atoms with Crippen molar-refractivity contribution in [3.05, 3.63) is 129 Å².